The smallest absolute Gasteiger partial charge is 0.126 e. The number of hydrogen-bond donors (Lipinski definition) is 2. The lowest BCUT2D eigenvalue weighted by molar-refractivity contribution is 0.527. The summed E-state index contributed by atoms with van der Waals surface area (Å²) in [7, 11) is 0. The van der Waals surface area contributed by atoms with E-state index < -0.39 is 0 Å². The third kappa shape index (κ3) is 3.58. The molecule has 0 bridgehead atoms. The van der Waals surface area contributed by atoms with Crippen molar-refractivity contribution in [1.29, 1.82) is 0 Å². The van der Waals surface area contributed by atoms with Gasteiger partial charge in [0.1, 0.15) is 5.82 Å². The number of aryl methyl sites for hydroxylation is 1. The third-order valence-corrected chi connectivity index (χ3v) is 3.55. The average Bonchev–Trinajstić information content (AvgIpc) is 2.46. The highest BCUT2D eigenvalue weighted by atomic mass is 14.9. The quantitative estimate of drug-likeness (QED) is 0.846. The zero-order valence-electron chi connectivity index (χ0n) is 12.3. The average molecular weight is 269 g/mol. The van der Waals surface area contributed by atoms with Gasteiger partial charge >= 0.3 is 0 Å². The second-order valence-corrected chi connectivity index (χ2v) is 5.12. The van der Waals surface area contributed by atoms with Crippen LogP contribution in [0.4, 0.5) is 5.82 Å². The van der Waals surface area contributed by atoms with E-state index >= 15 is 0 Å². The number of hydrogen-bond acceptors (Lipinski definition) is 3. The van der Waals surface area contributed by atoms with Gasteiger partial charge in [-0.1, -0.05) is 37.3 Å². The van der Waals surface area contributed by atoms with Gasteiger partial charge in [0, 0.05) is 12.2 Å². The van der Waals surface area contributed by atoms with Crippen LogP contribution >= 0.6 is 0 Å². The molecular weight excluding hydrogens is 246 g/mol. The van der Waals surface area contributed by atoms with Crippen LogP contribution in [0.25, 0.3) is 0 Å². The second-order valence-electron chi connectivity index (χ2n) is 5.12. The summed E-state index contributed by atoms with van der Waals surface area (Å²) in [5.74, 6) is 0.629. The van der Waals surface area contributed by atoms with Crippen molar-refractivity contribution in [3.8, 4) is 0 Å². The minimum Gasteiger partial charge on any atom is -0.383 e. The molecule has 0 fully saturated rings. The summed E-state index contributed by atoms with van der Waals surface area (Å²) < 4.78 is 0. The first-order chi connectivity index (χ1) is 9.72. The van der Waals surface area contributed by atoms with Crippen LogP contribution in [0.5, 0.6) is 0 Å². The maximum absolute atomic E-state index is 5.97. The summed E-state index contributed by atoms with van der Waals surface area (Å²) in [6, 6.07) is 12.8. The normalized spacial score (nSPS) is 12.3. The molecule has 0 spiro atoms. The van der Waals surface area contributed by atoms with Crippen molar-refractivity contribution in [2.24, 2.45) is 0 Å². The van der Waals surface area contributed by atoms with Crippen molar-refractivity contribution >= 4 is 5.82 Å². The molecule has 0 radical (unpaired) electrons. The molecule has 1 aromatic heterocycles. The fraction of sp³-hybridized carbons (Fsp3) is 0.353. The van der Waals surface area contributed by atoms with E-state index in [1.807, 2.05) is 6.07 Å². The van der Waals surface area contributed by atoms with Crippen LogP contribution in [0.1, 0.15) is 36.1 Å². The number of anilines is 1. The number of rotatable bonds is 6. The molecule has 3 heteroatoms. The fourth-order valence-corrected chi connectivity index (χ4v) is 2.43. The Balaban J connectivity index is 2.24. The van der Waals surface area contributed by atoms with Crippen LogP contribution in [0.2, 0.25) is 0 Å². The summed E-state index contributed by atoms with van der Waals surface area (Å²) in [6.45, 7) is 5.34. The van der Waals surface area contributed by atoms with E-state index in [2.05, 4.69) is 54.5 Å². The molecule has 1 unspecified atom stereocenters. The first-order valence-electron chi connectivity index (χ1n) is 7.20. The lowest BCUT2D eigenvalue weighted by Crippen LogP contribution is -2.25. The number of nitrogen functional groups attached to an aromatic ring is 1. The molecule has 1 heterocycles. The van der Waals surface area contributed by atoms with E-state index in [0.717, 1.165) is 24.9 Å². The number of aromatic nitrogens is 1. The Morgan fingerprint density at radius 3 is 2.70 bits per heavy atom. The van der Waals surface area contributed by atoms with Crippen LogP contribution in [-0.2, 0) is 6.42 Å². The van der Waals surface area contributed by atoms with Crippen LogP contribution in [0.3, 0.4) is 0 Å². The monoisotopic (exact) mass is 269 g/mol. The van der Waals surface area contributed by atoms with Gasteiger partial charge in [-0.2, -0.15) is 0 Å². The number of nitrogens with zero attached hydrogens (tertiary/aromatic N) is 1. The van der Waals surface area contributed by atoms with Gasteiger partial charge in [-0.25, -0.2) is 4.98 Å². The standard InChI is InChI=1S/C17H23N3/c1-3-10-19-16(15-9-5-4-7-13(15)2)12-14-8-6-11-20-17(14)18/h4-9,11,16,19H,3,10,12H2,1-2H3,(H2,18,20). The van der Waals surface area contributed by atoms with Gasteiger partial charge in [-0.3, -0.25) is 0 Å². The first-order valence-corrected chi connectivity index (χ1v) is 7.20. The highest BCUT2D eigenvalue weighted by Crippen LogP contribution is 2.23. The summed E-state index contributed by atoms with van der Waals surface area (Å²) in [5.41, 5.74) is 9.72. The molecule has 0 amide bonds. The number of benzene rings is 1. The maximum atomic E-state index is 5.97. The van der Waals surface area contributed by atoms with Gasteiger partial charge in [0.05, 0.1) is 0 Å². The Bertz CT molecular complexity index is 551. The van der Waals surface area contributed by atoms with Crippen LogP contribution < -0.4 is 11.1 Å². The molecule has 3 N–H and O–H groups in total. The zero-order valence-corrected chi connectivity index (χ0v) is 12.3. The van der Waals surface area contributed by atoms with E-state index in [-0.39, 0.29) is 6.04 Å². The van der Waals surface area contributed by atoms with Gasteiger partial charge < -0.3 is 11.1 Å². The summed E-state index contributed by atoms with van der Waals surface area (Å²) in [4.78, 5) is 4.18. The van der Waals surface area contributed by atoms with Crippen molar-refractivity contribution in [1.82, 2.24) is 10.3 Å². The topological polar surface area (TPSA) is 50.9 Å². The third-order valence-electron chi connectivity index (χ3n) is 3.55. The summed E-state index contributed by atoms with van der Waals surface area (Å²) in [5, 5.41) is 3.62. The molecule has 106 valence electrons. The maximum Gasteiger partial charge on any atom is 0.126 e. The Kier molecular flexibility index (Phi) is 5.13. The molecule has 1 aromatic carbocycles. The number of nitrogens with one attached hydrogen (secondary N) is 1. The van der Waals surface area contributed by atoms with E-state index in [1.165, 1.54) is 11.1 Å². The van der Waals surface area contributed by atoms with Gasteiger partial charge in [-0.15, -0.1) is 0 Å². The van der Waals surface area contributed by atoms with E-state index in [1.54, 1.807) is 6.20 Å². The molecule has 1 atom stereocenters. The molecule has 0 aliphatic heterocycles. The van der Waals surface area contributed by atoms with Crippen molar-refractivity contribution in [3.63, 3.8) is 0 Å². The Hall–Kier alpha value is -1.87. The van der Waals surface area contributed by atoms with Gasteiger partial charge in [0.15, 0.2) is 0 Å². The minimum absolute atomic E-state index is 0.280. The largest absolute Gasteiger partial charge is 0.383 e. The predicted octanol–water partition coefficient (Wildman–Crippen LogP) is 3.26. The van der Waals surface area contributed by atoms with Gasteiger partial charge in [0.25, 0.3) is 0 Å². The van der Waals surface area contributed by atoms with E-state index in [0.29, 0.717) is 5.82 Å². The number of pyridine rings is 1. The molecule has 2 rings (SSSR count). The molecular formula is C17H23N3. The van der Waals surface area contributed by atoms with Crippen molar-refractivity contribution in [3.05, 3.63) is 59.3 Å². The highest BCUT2D eigenvalue weighted by Gasteiger charge is 2.15. The van der Waals surface area contributed by atoms with Crippen molar-refractivity contribution in [2.45, 2.75) is 32.7 Å². The Morgan fingerprint density at radius 2 is 2.00 bits per heavy atom. The number of nitrogens with two attached hydrogens (primary N) is 1. The lowest BCUT2D eigenvalue weighted by Gasteiger charge is -2.21. The van der Waals surface area contributed by atoms with Gasteiger partial charge in [0.2, 0.25) is 0 Å². The van der Waals surface area contributed by atoms with E-state index in [4.69, 9.17) is 5.73 Å². The summed E-state index contributed by atoms with van der Waals surface area (Å²) >= 11 is 0. The predicted molar refractivity (Wildman–Crippen MR) is 84.6 cm³/mol. The van der Waals surface area contributed by atoms with Crippen molar-refractivity contribution in [2.75, 3.05) is 12.3 Å². The molecule has 2 aromatic rings. The lowest BCUT2D eigenvalue weighted by atomic mass is 9.95. The zero-order chi connectivity index (χ0) is 14.4. The first kappa shape index (κ1) is 14.5. The minimum atomic E-state index is 0.280. The molecule has 0 aliphatic rings. The second kappa shape index (κ2) is 7.06. The molecule has 0 saturated carbocycles. The molecule has 0 aliphatic carbocycles. The SMILES string of the molecule is CCCNC(Cc1cccnc1N)c1ccccc1C. The Labute approximate surface area is 121 Å². The fourth-order valence-electron chi connectivity index (χ4n) is 2.43. The molecule has 20 heavy (non-hydrogen) atoms. The van der Waals surface area contributed by atoms with Gasteiger partial charge in [-0.05, 0) is 49.1 Å². The highest BCUT2D eigenvalue weighted by molar-refractivity contribution is 5.40. The summed E-state index contributed by atoms with van der Waals surface area (Å²) in [6.07, 6.45) is 3.72. The van der Waals surface area contributed by atoms with Crippen LogP contribution in [0, 0.1) is 6.92 Å². The molecule has 3 nitrogen and oxygen atoms in total. The van der Waals surface area contributed by atoms with Crippen LogP contribution in [0.15, 0.2) is 42.6 Å². The Morgan fingerprint density at radius 1 is 1.20 bits per heavy atom. The van der Waals surface area contributed by atoms with Crippen molar-refractivity contribution < 1.29 is 0 Å². The van der Waals surface area contributed by atoms with Crippen LogP contribution in [-0.4, -0.2) is 11.5 Å². The molecule has 0 saturated heterocycles. The van der Waals surface area contributed by atoms with E-state index in [9.17, 15) is 0 Å².